The van der Waals surface area contributed by atoms with Gasteiger partial charge in [0.1, 0.15) is 23.1 Å². The van der Waals surface area contributed by atoms with Gasteiger partial charge in [0, 0.05) is 51.8 Å². The largest absolute Gasteiger partial charge is 0.457 e. The molecule has 1 atom stereocenters. The number of benzene rings is 2. The van der Waals surface area contributed by atoms with Crippen molar-refractivity contribution in [1.82, 2.24) is 20.4 Å². The maximum Gasteiger partial charge on any atom is 0.251 e. The van der Waals surface area contributed by atoms with Crippen molar-refractivity contribution in [2.45, 2.75) is 75.1 Å². The van der Waals surface area contributed by atoms with Gasteiger partial charge in [-0.05, 0) is 67.6 Å². The molecule has 2 aromatic carbocycles. The Morgan fingerprint density at radius 3 is 2.21 bits per heavy atom. The van der Waals surface area contributed by atoms with E-state index in [2.05, 4.69) is 15.5 Å². The van der Waals surface area contributed by atoms with Crippen molar-refractivity contribution in [3.05, 3.63) is 59.7 Å². The molecule has 10 nitrogen and oxygen atoms in total. The second kappa shape index (κ2) is 12.8. The van der Waals surface area contributed by atoms with Crippen LogP contribution in [0.3, 0.4) is 0 Å². The molecule has 5 rings (SSSR count). The Bertz CT molecular complexity index is 1250. The predicted octanol–water partition coefficient (Wildman–Crippen LogP) is 2.54. The fourth-order valence-corrected chi connectivity index (χ4v) is 6.72. The number of piperazine rings is 1. The summed E-state index contributed by atoms with van der Waals surface area (Å²) in [6.07, 6.45) is 5.67. The SMILES string of the molecule is CNC(=O)c1ccc(Oc2ccc(CN3CCC4(CC3)C(=O)N[C@H](CC3(O)CCCCC3)C(=O)N4CCN)cc2)cc1. The summed E-state index contributed by atoms with van der Waals surface area (Å²) in [5, 5.41) is 16.7. The number of piperidine rings is 1. The Morgan fingerprint density at radius 2 is 1.62 bits per heavy atom. The van der Waals surface area contributed by atoms with Crippen molar-refractivity contribution >= 4 is 17.7 Å². The Kier molecular flexibility index (Phi) is 9.15. The number of nitrogens with two attached hydrogens (primary N) is 1. The smallest absolute Gasteiger partial charge is 0.251 e. The molecule has 2 aromatic rings. The van der Waals surface area contributed by atoms with E-state index in [1.54, 1.807) is 36.2 Å². The molecule has 0 unspecified atom stereocenters. The van der Waals surface area contributed by atoms with Gasteiger partial charge < -0.3 is 31.1 Å². The van der Waals surface area contributed by atoms with E-state index in [9.17, 15) is 19.5 Å². The van der Waals surface area contributed by atoms with Crippen molar-refractivity contribution in [2.24, 2.45) is 5.73 Å². The average molecular weight is 578 g/mol. The second-order valence-electron chi connectivity index (χ2n) is 12.0. The van der Waals surface area contributed by atoms with Crippen LogP contribution in [0.4, 0.5) is 0 Å². The lowest BCUT2D eigenvalue weighted by Gasteiger charge is -2.52. The summed E-state index contributed by atoms with van der Waals surface area (Å²) in [4.78, 5) is 43.0. The first-order valence-corrected chi connectivity index (χ1v) is 15.1. The third-order valence-corrected chi connectivity index (χ3v) is 9.12. The Labute approximate surface area is 247 Å². The predicted molar refractivity (Wildman–Crippen MR) is 159 cm³/mol. The molecular weight excluding hydrogens is 534 g/mol. The van der Waals surface area contributed by atoms with Crippen LogP contribution in [0.1, 0.15) is 67.3 Å². The highest BCUT2D eigenvalue weighted by Gasteiger charge is 2.54. The summed E-state index contributed by atoms with van der Waals surface area (Å²) in [6, 6.07) is 14.2. The van der Waals surface area contributed by atoms with E-state index < -0.39 is 17.2 Å². The van der Waals surface area contributed by atoms with E-state index in [0.29, 0.717) is 62.4 Å². The number of nitrogens with one attached hydrogen (secondary N) is 2. The Balaban J connectivity index is 1.17. The molecule has 42 heavy (non-hydrogen) atoms. The van der Waals surface area contributed by atoms with Gasteiger partial charge in [-0.2, -0.15) is 0 Å². The lowest BCUT2D eigenvalue weighted by Crippen LogP contribution is -2.73. The van der Waals surface area contributed by atoms with Gasteiger partial charge in [-0.3, -0.25) is 19.3 Å². The lowest BCUT2D eigenvalue weighted by molar-refractivity contribution is -0.163. The van der Waals surface area contributed by atoms with Crippen molar-refractivity contribution in [2.75, 3.05) is 33.2 Å². The van der Waals surface area contributed by atoms with Gasteiger partial charge in [0.05, 0.1) is 5.60 Å². The van der Waals surface area contributed by atoms with Crippen molar-refractivity contribution in [1.29, 1.82) is 0 Å². The van der Waals surface area contributed by atoms with Crippen molar-refractivity contribution in [3.63, 3.8) is 0 Å². The number of amides is 3. The van der Waals surface area contributed by atoms with Gasteiger partial charge in [0.2, 0.25) is 11.8 Å². The van der Waals surface area contributed by atoms with Gasteiger partial charge in [0.25, 0.3) is 5.91 Å². The fraction of sp³-hybridized carbons (Fsp3) is 0.531. The number of hydrogen-bond donors (Lipinski definition) is 4. The first kappa shape index (κ1) is 30.0. The third-order valence-electron chi connectivity index (χ3n) is 9.12. The first-order valence-electron chi connectivity index (χ1n) is 15.1. The summed E-state index contributed by atoms with van der Waals surface area (Å²) in [6.45, 7) is 2.68. The average Bonchev–Trinajstić information content (AvgIpc) is 3.00. The normalized spacial score (nSPS) is 22.1. The summed E-state index contributed by atoms with van der Waals surface area (Å²) in [5.74, 6) is 0.965. The molecule has 3 amide bonds. The molecule has 2 saturated heterocycles. The number of nitrogens with zero attached hydrogens (tertiary/aromatic N) is 2. The van der Waals surface area contributed by atoms with Crippen LogP contribution in [0.25, 0.3) is 0 Å². The number of hydrogen-bond acceptors (Lipinski definition) is 7. The number of aliphatic hydroxyl groups is 1. The van der Waals surface area contributed by atoms with E-state index in [1.807, 2.05) is 24.3 Å². The number of carbonyl (C=O) groups is 3. The van der Waals surface area contributed by atoms with E-state index in [1.165, 1.54) is 0 Å². The maximum atomic E-state index is 13.6. The maximum absolute atomic E-state index is 13.6. The Hall–Kier alpha value is -3.47. The van der Waals surface area contributed by atoms with E-state index >= 15 is 0 Å². The molecule has 1 spiro atoms. The number of carbonyl (C=O) groups excluding carboxylic acids is 3. The zero-order valence-electron chi connectivity index (χ0n) is 24.4. The zero-order valence-corrected chi connectivity index (χ0v) is 24.4. The number of rotatable bonds is 9. The molecule has 0 aromatic heterocycles. The lowest BCUT2D eigenvalue weighted by atomic mass is 9.77. The summed E-state index contributed by atoms with van der Waals surface area (Å²) >= 11 is 0. The summed E-state index contributed by atoms with van der Waals surface area (Å²) < 4.78 is 5.93. The minimum atomic E-state index is -0.899. The van der Waals surface area contributed by atoms with Crippen molar-refractivity contribution in [3.8, 4) is 11.5 Å². The Morgan fingerprint density at radius 1 is 1.00 bits per heavy atom. The van der Waals surface area contributed by atoms with Crippen LogP contribution in [0.2, 0.25) is 0 Å². The number of likely N-dealkylation sites (tertiary alicyclic amines) is 1. The molecular formula is C32H43N5O5. The minimum Gasteiger partial charge on any atom is -0.457 e. The van der Waals surface area contributed by atoms with E-state index in [-0.39, 0.29) is 30.7 Å². The highest BCUT2D eigenvalue weighted by molar-refractivity contribution is 6.00. The quantitative estimate of drug-likeness (QED) is 0.360. The minimum absolute atomic E-state index is 0.119. The molecule has 1 saturated carbocycles. The molecule has 5 N–H and O–H groups in total. The van der Waals surface area contributed by atoms with Crippen LogP contribution in [0.5, 0.6) is 11.5 Å². The van der Waals surface area contributed by atoms with Crippen molar-refractivity contribution < 1.29 is 24.2 Å². The molecule has 10 heteroatoms. The molecule has 3 fully saturated rings. The topological polar surface area (TPSA) is 137 Å². The standard InChI is InChI=1S/C32H43N5O5/c1-34-28(38)24-7-11-26(12-8-24)42-25-9-5-23(6-10-25)22-36-18-15-32(16-19-36)30(40)35-27(29(39)37(32)20-17-33)21-31(41)13-3-2-4-14-31/h5-12,27,41H,2-4,13-22,33H2,1H3,(H,34,38)(H,35,40)/t27-/m1/s1. The monoisotopic (exact) mass is 577 g/mol. The fourth-order valence-electron chi connectivity index (χ4n) is 6.72. The zero-order chi connectivity index (χ0) is 29.7. The molecule has 0 radical (unpaired) electrons. The third kappa shape index (κ3) is 6.45. The van der Waals surface area contributed by atoms with Crippen LogP contribution in [0.15, 0.2) is 48.5 Å². The van der Waals surface area contributed by atoms with Crippen LogP contribution < -0.4 is 21.1 Å². The van der Waals surface area contributed by atoms with Crippen LogP contribution in [-0.4, -0.2) is 83.0 Å². The van der Waals surface area contributed by atoms with Gasteiger partial charge >= 0.3 is 0 Å². The summed E-state index contributed by atoms with van der Waals surface area (Å²) in [7, 11) is 1.60. The molecule has 2 aliphatic heterocycles. The number of ether oxygens (including phenoxy) is 1. The summed E-state index contributed by atoms with van der Waals surface area (Å²) in [5.41, 5.74) is 5.81. The first-order chi connectivity index (χ1) is 20.2. The van der Waals surface area contributed by atoms with E-state index in [0.717, 1.165) is 31.4 Å². The highest BCUT2D eigenvalue weighted by atomic mass is 16.5. The molecule has 226 valence electrons. The van der Waals surface area contributed by atoms with Gasteiger partial charge in [-0.15, -0.1) is 0 Å². The van der Waals surface area contributed by atoms with Crippen LogP contribution in [-0.2, 0) is 16.1 Å². The van der Waals surface area contributed by atoms with E-state index in [4.69, 9.17) is 10.5 Å². The molecule has 1 aliphatic carbocycles. The highest BCUT2D eigenvalue weighted by Crippen LogP contribution is 2.37. The molecule has 3 aliphatic rings. The van der Waals surface area contributed by atoms with Crippen LogP contribution >= 0.6 is 0 Å². The molecule has 2 heterocycles. The van der Waals surface area contributed by atoms with Gasteiger partial charge in [-0.25, -0.2) is 0 Å². The molecule has 0 bridgehead atoms. The van der Waals surface area contributed by atoms with Gasteiger partial charge in [-0.1, -0.05) is 31.4 Å². The van der Waals surface area contributed by atoms with Gasteiger partial charge in [0.15, 0.2) is 0 Å². The second-order valence-corrected chi connectivity index (χ2v) is 12.0. The van der Waals surface area contributed by atoms with Crippen LogP contribution in [0, 0.1) is 0 Å².